The number of aliphatic carboxylic acids is 1. The fraction of sp³-hybridized carbons (Fsp3) is 0.132. The molecule has 1 atom stereocenters. The van der Waals surface area contributed by atoms with Crippen LogP contribution in [0.25, 0.3) is 24.3 Å². The number of isothiocyanates is 2. The van der Waals surface area contributed by atoms with Crippen LogP contribution in [0.1, 0.15) is 41.5 Å². The molecule has 28 heteroatoms. The van der Waals surface area contributed by atoms with Crippen molar-refractivity contribution < 1.29 is 61.8 Å². The highest BCUT2D eigenvalue weighted by Gasteiger charge is 2.22. The Balaban J connectivity index is 1.35. The lowest BCUT2D eigenvalue weighted by Crippen LogP contribution is -2.43. The molecule has 0 fully saturated rings. The van der Waals surface area contributed by atoms with Gasteiger partial charge in [-0.3, -0.25) is 18.2 Å². The van der Waals surface area contributed by atoms with Gasteiger partial charge in [0, 0.05) is 17.9 Å². The molecule has 0 bridgehead atoms. The van der Waals surface area contributed by atoms with Gasteiger partial charge in [-0.25, -0.2) is 4.79 Å². The van der Waals surface area contributed by atoms with Crippen molar-refractivity contribution >= 4 is 163 Å². The predicted molar refractivity (Wildman–Crippen MR) is 261 cm³/mol. The van der Waals surface area contributed by atoms with E-state index in [4.69, 9.17) is 24.4 Å². The highest BCUT2D eigenvalue weighted by atomic mass is 32.2. The summed E-state index contributed by atoms with van der Waals surface area (Å²) in [7, 11) is -19.2. The van der Waals surface area contributed by atoms with Gasteiger partial charge in [-0.1, -0.05) is 48.6 Å². The summed E-state index contributed by atoms with van der Waals surface area (Å²) in [6, 6.07) is 13.5. The zero-order valence-electron chi connectivity index (χ0n) is 33.2. The van der Waals surface area contributed by atoms with E-state index in [2.05, 4.69) is 66.0 Å². The molecule has 0 saturated carbocycles. The molecule has 0 aliphatic rings. The number of nitrogens with zero attached hydrogens (tertiary/aromatic N) is 2. The molecule has 20 nitrogen and oxygen atoms in total. The summed E-state index contributed by atoms with van der Waals surface area (Å²) < 4.78 is 136. The van der Waals surface area contributed by atoms with Crippen LogP contribution < -0.4 is 21.3 Å². The summed E-state index contributed by atoms with van der Waals surface area (Å²) in [4.78, 5) is 17.1. The zero-order valence-corrected chi connectivity index (χ0v) is 39.7. The Morgan fingerprint density at radius 3 is 1.30 bits per heavy atom. The molecule has 348 valence electrons. The fourth-order valence-corrected chi connectivity index (χ4v) is 9.27. The van der Waals surface area contributed by atoms with Crippen LogP contribution in [0, 0.1) is 0 Å². The highest BCUT2D eigenvalue weighted by molar-refractivity contribution is 7.86. The fourth-order valence-electron chi connectivity index (χ4n) is 5.75. The number of hydrogen-bond donors (Lipinski definition) is 9. The number of carboxylic acids is 1. The van der Waals surface area contributed by atoms with E-state index in [0.29, 0.717) is 12.8 Å². The van der Waals surface area contributed by atoms with Crippen LogP contribution in [0.3, 0.4) is 0 Å². The monoisotopic (exact) mass is 1050 g/mol. The van der Waals surface area contributed by atoms with E-state index in [1.165, 1.54) is 72.8 Å². The van der Waals surface area contributed by atoms with Crippen LogP contribution >= 0.6 is 48.9 Å². The molecule has 4 aromatic rings. The molecule has 0 aliphatic carbocycles. The van der Waals surface area contributed by atoms with Crippen LogP contribution in [0.2, 0.25) is 0 Å². The van der Waals surface area contributed by atoms with E-state index in [-0.39, 0.29) is 68.2 Å². The number of anilines is 2. The maximum atomic E-state index is 12.3. The average molecular weight is 1060 g/mol. The minimum absolute atomic E-state index is 0.0249. The number of thiocarbonyl (C=S) groups is 4. The van der Waals surface area contributed by atoms with Gasteiger partial charge in [-0.2, -0.15) is 43.7 Å². The number of aliphatic imine (C=N–C) groups is 2. The molecule has 9 N–H and O–H groups in total. The predicted octanol–water partition coefficient (Wildman–Crippen LogP) is 6.38. The van der Waals surface area contributed by atoms with Crippen molar-refractivity contribution in [2.75, 3.05) is 17.2 Å². The summed E-state index contributed by atoms with van der Waals surface area (Å²) in [6.07, 6.45) is 5.48. The van der Waals surface area contributed by atoms with Crippen LogP contribution in [-0.2, 0) is 45.3 Å². The molecule has 0 heterocycles. The molecule has 0 aliphatic heterocycles. The third-order valence-electron chi connectivity index (χ3n) is 8.69. The first-order chi connectivity index (χ1) is 30.8. The van der Waals surface area contributed by atoms with Crippen molar-refractivity contribution in [3.05, 3.63) is 95.1 Å². The second-order valence-corrected chi connectivity index (χ2v) is 20.0. The number of nitrogens with one attached hydrogen (secondary N) is 4. The Morgan fingerprint density at radius 1 is 0.576 bits per heavy atom. The highest BCUT2D eigenvalue weighted by Crippen LogP contribution is 2.29. The second-order valence-electron chi connectivity index (χ2n) is 13.3. The third kappa shape index (κ3) is 15.8. The Labute approximate surface area is 399 Å². The molecular weight excluding hydrogens is 1020 g/mol. The molecule has 4 aromatic carbocycles. The van der Waals surface area contributed by atoms with Gasteiger partial charge in [0.2, 0.25) is 0 Å². The summed E-state index contributed by atoms with van der Waals surface area (Å²) in [5.41, 5.74) is 0.0778. The van der Waals surface area contributed by atoms with E-state index in [1.807, 2.05) is 0 Å². The molecule has 4 rings (SSSR count). The number of carboxylic acid groups (broad SMARTS) is 1. The normalized spacial score (nSPS) is 12.4. The molecule has 1 unspecified atom stereocenters. The summed E-state index contributed by atoms with van der Waals surface area (Å²) in [5.74, 6) is -1.27. The molecule has 0 aromatic heterocycles. The third-order valence-corrected chi connectivity index (χ3v) is 13.0. The molecule has 0 radical (unpaired) electrons. The van der Waals surface area contributed by atoms with E-state index in [0.717, 1.165) is 24.3 Å². The maximum Gasteiger partial charge on any atom is 0.326 e. The SMILES string of the molecule is O=C(O)C(CCCCNC(=S)Nc1ccc(/C=C/c2ccc(N=C=S)cc2S(=O)(=O)O)c(S(=O)(=O)O)c1)NC(=S)Nc1ccc(/C=C/c2ccc(N=C=S)cc2S(=O)(=O)O)c(S(=O)(=O)O)c1. The Bertz CT molecular complexity index is 3200. The van der Waals surface area contributed by atoms with Crippen LogP contribution in [-0.4, -0.2) is 96.1 Å². The number of hydrogen-bond acceptors (Lipinski definition) is 15. The smallest absolute Gasteiger partial charge is 0.326 e. The van der Waals surface area contributed by atoms with Gasteiger partial charge in [-0.15, -0.1) is 0 Å². The summed E-state index contributed by atoms with van der Waals surface area (Å²) >= 11 is 19.6. The standard InChI is InChI=1S/C38H34N6O14S8/c45-36(46)31(44-38(62)43-30-15-11-26(35(20-30)66(56,57)58)7-5-24-9-13-28(41-22-60)18-33(24)64(50,51)52)3-1-2-16-39-37(61)42-29-14-10-25(34(19-29)65(53,54)55)6-4-23-8-12-27(40-21-59)17-32(23)63(47,48)49/h4-15,17-20,31H,1-3,16H2,(H,45,46)(H2,39,42,61)(H2,43,44,62)(H,47,48,49)(H,50,51,52)(H,53,54,55)(H,56,57,58)/b6-4+,7-5+. The number of rotatable bonds is 19. The lowest BCUT2D eigenvalue weighted by molar-refractivity contribution is -0.139. The van der Waals surface area contributed by atoms with Crippen LogP contribution in [0.4, 0.5) is 22.7 Å². The minimum atomic E-state index is -4.89. The van der Waals surface area contributed by atoms with Gasteiger partial charge in [0.1, 0.15) is 25.6 Å². The summed E-state index contributed by atoms with van der Waals surface area (Å²) in [5, 5.41) is 24.7. The molecule has 66 heavy (non-hydrogen) atoms. The summed E-state index contributed by atoms with van der Waals surface area (Å²) in [6.45, 7) is 0.224. The molecule has 0 saturated heterocycles. The Hall–Kier alpha value is -5.55. The second kappa shape index (κ2) is 22.8. The topological polar surface area (TPSA) is 328 Å². The quantitative estimate of drug-likeness (QED) is 0.0162. The van der Waals surface area contributed by atoms with Gasteiger partial charge >= 0.3 is 5.97 Å². The number of carbonyl (C=O) groups is 1. The van der Waals surface area contributed by atoms with Crippen molar-refractivity contribution in [3.8, 4) is 0 Å². The van der Waals surface area contributed by atoms with Crippen molar-refractivity contribution in [1.82, 2.24) is 10.6 Å². The van der Waals surface area contributed by atoms with Crippen molar-refractivity contribution in [2.24, 2.45) is 9.98 Å². The van der Waals surface area contributed by atoms with E-state index >= 15 is 0 Å². The van der Waals surface area contributed by atoms with Crippen molar-refractivity contribution in [2.45, 2.75) is 44.9 Å². The molecular formula is C38H34N6O14S8. The van der Waals surface area contributed by atoms with Gasteiger partial charge in [0.05, 0.1) is 21.7 Å². The van der Waals surface area contributed by atoms with Crippen LogP contribution in [0.15, 0.2) is 102 Å². The first kappa shape index (κ1) is 53.1. The number of benzene rings is 4. The van der Waals surface area contributed by atoms with Crippen LogP contribution in [0.5, 0.6) is 0 Å². The van der Waals surface area contributed by atoms with Gasteiger partial charge in [0.25, 0.3) is 40.5 Å². The van der Waals surface area contributed by atoms with Gasteiger partial charge < -0.3 is 26.4 Å². The zero-order chi connectivity index (χ0) is 49.0. The first-order valence-electron chi connectivity index (χ1n) is 18.1. The minimum Gasteiger partial charge on any atom is -0.480 e. The Morgan fingerprint density at radius 2 is 0.939 bits per heavy atom. The lowest BCUT2D eigenvalue weighted by atomic mass is 10.1. The van der Waals surface area contributed by atoms with E-state index in [1.54, 1.807) is 0 Å². The van der Waals surface area contributed by atoms with Crippen molar-refractivity contribution in [1.29, 1.82) is 0 Å². The van der Waals surface area contributed by atoms with Crippen molar-refractivity contribution in [3.63, 3.8) is 0 Å². The molecule has 0 spiro atoms. The van der Waals surface area contributed by atoms with Gasteiger partial charge in [-0.05, 0) is 139 Å². The van der Waals surface area contributed by atoms with E-state index in [9.17, 15) is 61.8 Å². The largest absolute Gasteiger partial charge is 0.480 e. The lowest BCUT2D eigenvalue weighted by Gasteiger charge is -2.18. The number of unbranched alkanes of at least 4 members (excludes halogenated alkanes) is 1. The maximum absolute atomic E-state index is 12.3. The first-order valence-corrected chi connectivity index (χ1v) is 25.5. The average Bonchev–Trinajstić information content (AvgIpc) is 3.21. The Kier molecular flexibility index (Phi) is 18.3. The van der Waals surface area contributed by atoms with Gasteiger partial charge in [0.15, 0.2) is 10.2 Å². The molecule has 0 amide bonds. The van der Waals surface area contributed by atoms with E-state index < -0.39 is 72.1 Å².